The van der Waals surface area contributed by atoms with Crippen molar-refractivity contribution in [3.05, 3.63) is 73.0 Å². The first-order valence-electron chi connectivity index (χ1n) is 6.58. The van der Waals surface area contributed by atoms with Crippen molar-refractivity contribution in [1.29, 1.82) is 0 Å². The molecule has 0 aliphatic rings. The van der Waals surface area contributed by atoms with E-state index in [1.807, 2.05) is 0 Å². The van der Waals surface area contributed by atoms with Crippen LogP contribution in [0.15, 0.2) is 79.5 Å². The van der Waals surface area contributed by atoms with E-state index in [0.29, 0.717) is 22.6 Å². The standard InChI is InChI=1S/C17H10O5/c18-17(13-5-15(21-9-13)11-1-3-19-7-11)14-6-16(22-10-14)12-2-4-20-8-12/h1-10H. The molecule has 5 heteroatoms. The van der Waals surface area contributed by atoms with Gasteiger partial charge in [0.2, 0.25) is 0 Å². The van der Waals surface area contributed by atoms with Crippen molar-refractivity contribution in [2.75, 3.05) is 0 Å². The summed E-state index contributed by atoms with van der Waals surface area (Å²) < 4.78 is 20.8. The Hall–Kier alpha value is -3.21. The van der Waals surface area contributed by atoms with Crippen molar-refractivity contribution in [2.24, 2.45) is 0 Å². The third-order valence-electron chi connectivity index (χ3n) is 3.33. The minimum Gasteiger partial charge on any atom is -0.472 e. The van der Waals surface area contributed by atoms with E-state index < -0.39 is 0 Å². The number of hydrogen-bond acceptors (Lipinski definition) is 5. The number of furan rings is 4. The fourth-order valence-electron chi connectivity index (χ4n) is 2.19. The molecule has 4 heterocycles. The molecule has 0 aromatic carbocycles. The maximum absolute atomic E-state index is 12.4. The van der Waals surface area contributed by atoms with E-state index in [-0.39, 0.29) is 5.78 Å². The number of rotatable bonds is 4. The molecule has 0 N–H and O–H groups in total. The summed E-state index contributed by atoms with van der Waals surface area (Å²) >= 11 is 0. The van der Waals surface area contributed by atoms with E-state index in [1.165, 1.54) is 12.5 Å². The van der Waals surface area contributed by atoms with Gasteiger partial charge in [-0.25, -0.2) is 0 Å². The van der Waals surface area contributed by atoms with Crippen LogP contribution in [0.4, 0.5) is 0 Å². The molecule has 108 valence electrons. The molecule has 4 rings (SSSR count). The van der Waals surface area contributed by atoms with Gasteiger partial charge in [0.15, 0.2) is 5.78 Å². The maximum atomic E-state index is 12.4. The second-order valence-corrected chi connectivity index (χ2v) is 4.75. The molecule has 4 aromatic heterocycles. The zero-order chi connectivity index (χ0) is 14.9. The highest BCUT2D eigenvalue weighted by atomic mass is 16.3. The van der Waals surface area contributed by atoms with Gasteiger partial charge in [-0.1, -0.05) is 0 Å². The molecule has 0 spiro atoms. The van der Waals surface area contributed by atoms with Crippen LogP contribution in [-0.4, -0.2) is 5.78 Å². The molecule has 0 amide bonds. The van der Waals surface area contributed by atoms with Gasteiger partial charge in [0, 0.05) is 0 Å². The molecule has 4 aromatic rings. The molecular formula is C17H10O5. The highest BCUT2D eigenvalue weighted by Crippen LogP contribution is 2.26. The molecule has 0 saturated carbocycles. The lowest BCUT2D eigenvalue weighted by atomic mass is 10.1. The topological polar surface area (TPSA) is 69.6 Å². The van der Waals surface area contributed by atoms with Gasteiger partial charge in [-0.05, 0) is 24.3 Å². The Kier molecular flexibility index (Phi) is 2.83. The van der Waals surface area contributed by atoms with Gasteiger partial charge in [0.25, 0.3) is 0 Å². The normalized spacial score (nSPS) is 10.9. The summed E-state index contributed by atoms with van der Waals surface area (Å²) in [5.41, 5.74) is 2.47. The average molecular weight is 294 g/mol. The van der Waals surface area contributed by atoms with Crippen LogP contribution in [0.5, 0.6) is 0 Å². The number of ketones is 1. The largest absolute Gasteiger partial charge is 0.472 e. The van der Waals surface area contributed by atoms with Gasteiger partial charge in [-0.2, -0.15) is 0 Å². The van der Waals surface area contributed by atoms with Crippen molar-refractivity contribution in [3.63, 3.8) is 0 Å². The molecule has 0 aliphatic carbocycles. The van der Waals surface area contributed by atoms with E-state index in [2.05, 4.69) is 0 Å². The van der Waals surface area contributed by atoms with Gasteiger partial charge >= 0.3 is 0 Å². The quantitative estimate of drug-likeness (QED) is 0.513. The molecule has 0 radical (unpaired) electrons. The van der Waals surface area contributed by atoms with Crippen molar-refractivity contribution in [2.45, 2.75) is 0 Å². The summed E-state index contributed by atoms with van der Waals surface area (Å²) in [6, 6.07) is 6.89. The van der Waals surface area contributed by atoms with Crippen molar-refractivity contribution >= 4 is 5.78 Å². The molecule has 5 nitrogen and oxygen atoms in total. The third-order valence-corrected chi connectivity index (χ3v) is 3.33. The number of carbonyl (C=O) groups is 1. The van der Waals surface area contributed by atoms with Crippen LogP contribution in [0.2, 0.25) is 0 Å². The predicted octanol–water partition coefficient (Wildman–Crippen LogP) is 4.62. The summed E-state index contributed by atoms with van der Waals surface area (Å²) in [4.78, 5) is 12.4. The zero-order valence-electron chi connectivity index (χ0n) is 11.3. The van der Waals surface area contributed by atoms with Gasteiger partial charge in [0.05, 0.1) is 34.8 Å². The Morgan fingerprint density at radius 2 is 1.23 bits per heavy atom. The lowest BCUT2D eigenvalue weighted by molar-refractivity contribution is 0.103. The van der Waals surface area contributed by atoms with E-state index in [4.69, 9.17) is 17.7 Å². The number of hydrogen-bond donors (Lipinski definition) is 0. The van der Waals surface area contributed by atoms with Gasteiger partial charge in [-0.3, -0.25) is 4.79 Å². The molecule has 0 bridgehead atoms. The molecule has 0 aliphatic heterocycles. The van der Waals surface area contributed by atoms with E-state index >= 15 is 0 Å². The highest BCUT2D eigenvalue weighted by Gasteiger charge is 2.17. The second kappa shape index (κ2) is 4.96. The Bertz CT molecular complexity index is 816. The van der Waals surface area contributed by atoms with Crippen LogP contribution in [0.25, 0.3) is 22.6 Å². The average Bonchev–Trinajstić information content (AvgIpc) is 3.35. The first-order valence-corrected chi connectivity index (χ1v) is 6.58. The fraction of sp³-hybridized carbons (Fsp3) is 0. The molecular weight excluding hydrogens is 284 g/mol. The molecule has 22 heavy (non-hydrogen) atoms. The summed E-state index contributed by atoms with van der Waals surface area (Å²) in [5, 5.41) is 0. The molecule has 0 unspecified atom stereocenters. The first kappa shape index (κ1) is 12.5. The lowest BCUT2D eigenvalue weighted by Crippen LogP contribution is -1.96. The van der Waals surface area contributed by atoms with E-state index in [9.17, 15) is 4.79 Å². The summed E-state index contributed by atoms with van der Waals surface area (Å²) in [5.74, 6) is 0.989. The van der Waals surface area contributed by atoms with E-state index in [0.717, 1.165) is 11.1 Å². The van der Waals surface area contributed by atoms with E-state index in [1.54, 1.807) is 49.3 Å². The van der Waals surface area contributed by atoms with Crippen LogP contribution in [-0.2, 0) is 0 Å². The molecule has 0 atom stereocenters. The predicted molar refractivity (Wildman–Crippen MR) is 76.3 cm³/mol. The Morgan fingerprint density at radius 1 is 0.727 bits per heavy atom. The van der Waals surface area contributed by atoms with Gasteiger partial charge < -0.3 is 17.7 Å². The fourth-order valence-corrected chi connectivity index (χ4v) is 2.19. The SMILES string of the molecule is O=C(c1coc(-c2ccoc2)c1)c1coc(-c2ccoc2)c1. The van der Waals surface area contributed by atoms with Crippen LogP contribution in [0.3, 0.4) is 0 Å². The van der Waals surface area contributed by atoms with Gasteiger partial charge in [0.1, 0.15) is 36.6 Å². The monoisotopic (exact) mass is 294 g/mol. The molecule has 0 fully saturated rings. The minimum atomic E-state index is -0.169. The highest BCUT2D eigenvalue weighted by molar-refractivity contribution is 6.09. The van der Waals surface area contributed by atoms with Crippen molar-refractivity contribution in [3.8, 4) is 22.6 Å². The Morgan fingerprint density at radius 3 is 1.64 bits per heavy atom. The minimum absolute atomic E-state index is 0.169. The number of carbonyl (C=O) groups excluding carboxylic acids is 1. The Labute approximate surface area is 124 Å². The van der Waals surface area contributed by atoms with Crippen molar-refractivity contribution < 1.29 is 22.5 Å². The summed E-state index contributed by atoms with van der Waals surface area (Å²) in [6.45, 7) is 0. The van der Waals surface area contributed by atoms with Crippen LogP contribution in [0.1, 0.15) is 15.9 Å². The smallest absolute Gasteiger partial charge is 0.199 e. The van der Waals surface area contributed by atoms with Crippen LogP contribution in [0, 0.1) is 0 Å². The maximum Gasteiger partial charge on any atom is 0.199 e. The zero-order valence-corrected chi connectivity index (χ0v) is 11.3. The molecule has 0 saturated heterocycles. The lowest BCUT2D eigenvalue weighted by Gasteiger charge is -1.90. The second-order valence-electron chi connectivity index (χ2n) is 4.75. The first-order chi connectivity index (χ1) is 10.8. The third kappa shape index (κ3) is 2.09. The van der Waals surface area contributed by atoms with Crippen LogP contribution < -0.4 is 0 Å². The Balaban J connectivity index is 1.62. The summed E-state index contributed by atoms with van der Waals surface area (Å²) in [7, 11) is 0. The van der Waals surface area contributed by atoms with Crippen LogP contribution >= 0.6 is 0 Å². The summed E-state index contributed by atoms with van der Waals surface area (Å²) in [6.07, 6.45) is 9.06. The van der Waals surface area contributed by atoms with Gasteiger partial charge in [-0.15, -0.1) is 0 Å². The van der Waals surface area contributed by atoms with Crippen molar-refractivity contribution in [1.82, 2.24) is 0 Å².